The summed E-state index contributed by atoms with van der Waals surface area (Å²) in [6.07, 6.45) is 2.01. The van der Waals surface area contributed by atoms with Crippen molar-refractivity contribution in [2.45, 2.75) is 24.2 Å². The van der Waals surface area contributed by atoms with E-state index in [2.05, 4.69) is 0 Å². The molecule has 0 saturated carbocycles. The van der Waals surface area contributed by atoms with E-state index in [1.54, 1.807) is 12.1 Å². The van der Waals surface area contributed by atoms with Gasteiger partial charge in [0.25, 0.3) is 0 Å². The second kappa shape index (κ2) is 5.51. The zero-order valence-electron chi connectivity index (χ0n) is 10.4. The molecule has 1 aromatic carbocycles. The van der Waals surface area contributed by atoms with Gasteiger partial charge in [-0.3, -0.25) is 0 Å². The van der Waals surface area contributed by atoms with Crippen molar-refractivity contribution in [3.8, 4) is 5.75 Å². The minimum absolute atomic E-state index is 0.237. The average molecular weight is 257 g/mol. The highest BCUT2D eigenvalue weighted by Gasteiger charge is 2.16. The molecule has 5 heteroatoms. The van der Waals surface area contributed by atoms with Crippen LogP contribution >= 0.6 is 0 Å². The zero-order valence-corrected chi connectivity index (χ0v) is 11.3. The summed E-state index contributed by atoms with van der Waals surface area (Å²) in [4.78, 5) is 0.237. The smallest absolute Gasteiger partial charge is 0.179 e. The minimum Gasteiger partial charge on any atom is -0.495 e. The normalized spacial score (nSPS) is 13.4. The van der Waals surface area contributed by atoms with Crippen LogP contribution in [0.3, 0.4) is 0 Å². The molecular formula is C12H19NO3S. The van der Waals surface area contributed by atoms with Crippen molar-refractivity contribution in [1.82, 2.24) is 0 Å². The molecule has 0 aliphatic carbocycles. The Labute approximate surface area is 103 Å². The van der Waals surface area contributed by atoms with Crippen molar-refractivity contribution in [3.63, 3.8) is 0 Å². The van der Waals surface area contributed by atoms with Crippen molar-refractivity contribution in [3.05, 3.63) is 23.8 Å². The molecule has 0 aliphatic heterocycles. The molecule has 4 nitrogen and oxygen atoms in total. The van der Waals surface area contributed by atoms with Gasteiger partial charge in [0.1, 0.15) is 10.6 Å². The maximum Gasteiger partial charge on any atom is 0.179 e. The first-order valence-corrected chi connectivity index (χ1v) is 7.37. The highest BCUT2D eigenvalue weighted by molar-refractivity contribution is 7.90. The summed E-state index contributed by atoms with van der Waals surface area (Å²) >= 11 is 0. The molecule has 1 rings (SSSR count). The topological polar surface area (TPSA) is 69.4 Å². The first-order valence-electron chi connectivity index (χ1n) is 5.48. The van der Waals surface area contributed by atoms with Crippen LogP contribution in [0, 0.1) is 0 Å². The van der Waals surface area contributed by atoms with Crippen LogP contribution < -0.4 is 10.5 Å². The fourth-order valence-electron chi connectivity index (χ4n) is 1.71. The van der Waals surface area contributed by atoms with E-state index in [9.17, 15) is 8.42 Å². The van der Waals surface area contributed by atoms with Crippen LogP contribution in [0.4, 0.5) is 0 Å². The number of methoxy groups -OCH3 is 1. The number of hydrogen-bond acceptors (Lipinski definition) is 4. The summed E-state index contributed by atoms with van der Waals surface area (Å²) in [5.74, 6) is 0.627. The van der Waals surface area contributed by atoms with Gasteiger partial charge >= 0.3 is 0 Å². The molecule has 0 radical (unpaired) electrons. The van der Waals surface area contributed by atoms with Gasteiger partial charge in [-0.25, -0.2) is 8.42 Å². The standard InChI is InChI=1S/C12H19NO3S/c1-9(6-7-13)10-4-5-11(16-2)12(8-10)17(3,14)15/h4-5,8-9H,6-7,13H2,1-3H3. The van der Waals surface area contributed by atoms with Crippen LogP contribution in [-0.2, 0) is 9.84 Å². The van der Waals surface area contributed by atoms with Crippen molar-refractivity contribution < 1.29 is 13.2 Å². The molecule has 0 saturated heterocycles. The molecule has 1 aromatic rings. The monoisotopic (exact) mass is 257 g/mol. The van der Waals surface area contributed by atoms with Crippen molar-refractivity contribution in [1.29, 1.82) is 0 Å². The summed E-state index contributed by atoms with van der Waals surface area (Å²) in [5, 5.41) is 0. The average Bonchev–Trinajstić information content (AvgIpc) is 2.27. The minimum atomic E-state index is -3.27. The predicted molar refractivity (Wildman–Crippen MR) is 68.2 cm³/mol. The number of nitrogens with two attached hydrogens (primary N) is 1. The Hall–Kier alpha value is -1.07. The SMILES string of the molecule is COc1ccc(C(C)CCN)cc1S(C)(=O)=O. The van der Waals surface area contributed by atoms with Gasteiger partial charge in [0.05, 0.1) is 7.11 Å². The Kier molecular flexibility index (Phi) is 4.54. The Morgan fingerprint density at radius 1 is 1.41 bits per heavy atom. The first-order chi connectivity index (χ1) is 7.90. The van der Waals surface area contributed by atoms with Gasteiger partial charge in [0.2, 0.25) is 0 Å². The van der Waals surface area contributed by atoms with E-state index in [-0.39, 0.29) is 10.8 Å². The van der Waals surface area contributed by atoms with Gasteiger partial charge in [-0.1, -0.05) is 13.0 Å². The molecule has 0 bridgehead atoms. The van der Waals surface area contributed by atoms with Crippen LogP contribution in [-0.4, -0.2) is 28.3 Å². The van der Waals surface area contributed by atoms with Crippen molar-refractivity contribution in [2.24, 2.45) is 5.73 Å². The Bertz CT molecular complexity index is 483. The van der Waals surface area contributed by atoms with Gasteiger partial charge in [-0.05, 0) is 36.6 Å². The van der Waals surface area contributed by atoms with Crippen LogP contribution in [0.2, 0.25) is 0 Å². The van der Waals surface area contributed by atoms with E-state index < -0.39 is 9.84 Å². The third kappa shape index (κ3) is 3.44. The van der Waals surface area contributed by atoms with E-state index >= 15 is 0 Å². The van der Waals surface area contributed by atoms with Gasteiger partial charge in [0.15, 0.2) is 9.84 Å². The lowest BCUT2D eigenvalue weighted by Crippen LogP contribution is -2.06. The highest BCUT2D eigenvalue weighted by atomic mass is 32.2. The Morgan fingerprint density at radius 2 is 2.06 bits per heavy atom. The van der Waals surface area contributed by atoms with E-state index in [0.717, 1.165) is 12.0 Å². The third-order valence-corrected chi connectivity index (χ3v) is 3.87. The van der Waals surface area contributed by atoms with Crippen LogP contribution in [0.5, 0.6) is 5.75 Å². The summed E-state index contributed by atoms with van der Waals surface area (Å²) in [6, 6.07) is 5.25. The molecular weight excluding hydrogens is 238 g/mol. The lowest BCUT2D eigenvalue weighted by Gasteiger charge is -2.14. The predicted octanol–water partition coefficient (Wildman–Crippen LogP) is 1.55. The van der Waals surface area contributed by atoms with Gasteiger partial charge in [0, 0.05) is 6.26 Å². The van der Waals surface area contributed by atoms with Crippen LogP contribution in [0.1, 0.15) is 24.8 Å². The van der Waals surface area contributed by atoms with E-state index in [4.69, 9.17) is 10.5 Å². The van der Waals surface area contributed by atoms with Crippen molar-refractivity contribution >= 4 is 9.84 Å². The fraction of sp³-hybridized carbons (Fsp3) is 0.500. The second-order valence-electron chi connectivity index (χ2n) is 4.16. The molecule has 0 amide bonds. The fourth-order valence-corrected chi connectivity index (χ4v) is 2.57. The van der Waals surface area contributed by atoms with E-state index in [0.29, 0.717) is 12.3 Å². The quantitative estimate of drug-likeness (QED) is 0.869. The molecule has 0 fully saturated rings. The van der Waals surface area contributed by atoms with Crippen LogP contribution in [0.25, 0.3) is 0 Å². The van der Waals surface area contributed by atoms with E-state index in [1.807, 2.05) is 13.0 Å². The maximum absolute atomic E-state index is 11.6. The Balaban J connectivity index is 3.23. The number of sulfone groups is 1. The lowest BCUT2D eigenvalue weighted by molar-refractivity contribution is 0.402. The molecule has 0 heterocycles. The number of benzene rings is 1. The molecule has 0 aliphatic rings. The molecule has 0 spiro atoms. The first kappa shape index (κ1) is 14.0. The number of ether oxygens (including phenoxy) is 1. The van der Waals surface area contributed by atoms with Gasteiger partial charge in [-0.15, -0.1) is 0 Å². The maximum atomic E-state index is 11.6. The summed E-state index contributed by atoms with van der Waals surface area (Å²) < 4.78 is 28.3. The largest absolute Gasteiger partial charge is 0.495 e. The third-order valence-electron chi connectivity index (χ3n) is 2.76. The molecule has 17 heavy (non-hydrogen) atoms. The lowest BCUT2D eigenvalue weighted by atomic mass is 9.98. The van der Waals surface area contributed by atoms with E-state index in [1.165, 1.54) is 13.4 Å². The number of hydrogen-bond donors (Lipinski definition) is 1. The summed E-state index contributed by atoms with van der Waals surface area (Å²) in [7, 11) is -1.81. The van der Waals surface area contributed by atoms with Gasteiger partial charge in [-0.2, -0.15) is 0 Å². The van der Waals surface area contributed by atoms with Crippen LogP contribution in [0.15, 0.2) is 23.1 Å². The summed E-state index contributed by atoms with van der Waals surface area (Å²) in [6.45, 7) is 2.61. The molecule has 1 atom stereocenters. The zero-order chi connectivity index (χ0) is 13.1. The Morgan fingerprint density at radius 3 is 2.53 bits per heavy atom. The molecule has 0 aromatic heterocycles. The number of rotatable bonds is 5. The van der Waals surface area contributed by atoms with Gasteiger partial charge < -0.3 is 10.5 Å². The molecule has 1 unspecified atom stereocenters. The second-order valence-corrected chi connectivity index (χ2v) is 6.15. The molecule has 2 N–H and O–H groups in total. The van der Waals surface area contributed by atoms with Crippen molar-refractivity contribution in [2.75, 3.05) is 19.9 Å². The highest BCUT2D eigenvalue weighted by Crippen LogP contribution is 2.28. The summed E-state index contributed by atoms with van der Waals surface area (Å²) in [5.41, 5.74) is 6.47. The molecule has 96 valence electrons.